The molecule has 0 aliphatic carbocycles. The fraction of sp³-hybridized carbons (Fsp3) is 0.250. The normalized spacial score (nSPS) is 13.1. The zero-order chi connectivity index (χ0) is 17.5. The molecule has 126 valence electrons. The molecular formula is C16H19N5O2S. The van der Waals surface area contributed by atoms with Gasteiger partial charge in [0.15, 0.2) is 5.11 Å². The Kier molecular flexibility index (Phi) is 5.87. The average Bonchev–Trinajstić information content (AvgIpc) is 2.59. The van der Waals surface area contributed by atoms with Gasteiger partial charge in [-0.25, -0.2) is 0 Å². The molecule has 1 heterocycles. The standard InChI is InChI=1S/C16H19N5O2S/c1-22-14-4-3-12(15(9-14)23-2)5-6-20-7-8-21(19-16(18)24)11-13(20)10-17/h3-4,7-9,11H,5-6H2,1-2H3,(H3,18,19,24). The molecule has 8 heteroatoms. The first kappa shape index (κ1) is 17.4. The van der Waals surface area contributed by atoms with Gasteiger partial charge in [0.2, 0.25) is 0 Å². The number of benzene rings is 1. The van der Waals surface area contributed by atoms with Crippen LogP contribution in [0, 0.1) is 11.3 Å². The van der Waals surface area contributed by atoms with Crippen molar-refractivity contribution >= 4 is 17.3 Å². The lowest BCUT2D eigenvalue weighted by Crippen LogP contribution is -2.41. The summed E-state index contributed by atoms with van der Waals surface area (Å²) in [5.74, 6) is 1.50. The first-order valence-corrected chi connectivity index (χ1v) is 7.60. The van der Waals surface area contributed by atoms with Crippen molar-refractivity contribution < 1.29 is 9.47 Å². The zero-order valence-electron chi connectivity index (χ0n) is 13.5. The van der Waals surface area contributed by atoms with E-state index in [0.29, 0.717) is 18.7 Å². The minimum absolute atomic E-state index is 0.129. The predicted octanol–water partition coefficient (Wildman–Crippen LogP) is 1.45. The van der Waals surface area contributed by atoms with E-state index in [0.717, 1.165) is 17.1 Å². The number of methoxy groups -OCH3 is 2. The van der Waals surface area contributed by atoms with Gasteiger partial charge in [-0.15, -0.1) is 0 Å². The summed E-state index contributed by atoms with van der Waals surface area (Å²) in [6.45, 7) is 0.624. The number of hydrazine groups is 1. The number of thiocarbonyl (C=S) groups is 1. The van der Waals surface area contributed by atoms with Crippen LogP contribution < -0.4 is 20.6 Å². The van der Waals surface area contributed by atoms with Crippen molar-refractivity contribution in [2.24, 2.45) is 5.73 Å². The molecule has 0 atom stereocenters. The van der Waals surface area contributed by atoms with Gasteiger partial charge in [0.25, 0.3) is 0 Å². The number of ether oxygens (including phenoxy) is 2. The van der Waals surface area contributed by atoms with E-state index < -0.39 is 0 Å². The van der Waals surface area contributed by atoms with E-state index in [1.165, 1.54) is 0 Å². The van der Waals surface area contributed by atoms with Gasteiger partial charge in [-0.3, -0.25) is 10.4 Å². The van der Waals surface area contributed by atoms with Crippen LogP contribution in [0.15, 0.2) is 42.5 Å². The van der Waals surface area contributed by atoms with Gasteiger partial charge in [0, 0.05) is 25.0 Å². The third-order valence-electron chi connectivity index (χ3n) is 3.45. The quantitative estimate of drug-likeness (QED) is 0.749. The van der Waals surface area contributed by atoms with Crippen molar-refractivity contribution in [2.45, 2.75) is 6.42 Å². The van der Waals surface area contributed by atoms with E-state index in [9.17, 15) is 5.26 Å². The van der Waals surface area contributed by atoms with Gasteiger partial charge in [-0.05, 0) is 30.3 Å². The number of hydrogen-bond donors (Lipinski definition) is 2. The Labute approximate surface area is 146 Å². The summed E-state index contributed by atoms with van der Waals surface area (Å²) in [6.07, 6.45) is 5.87. The molecule has 0 bridgehead atoms. The molecular weight excluding hydrogens is 326 g/mol. The largest absolute Gasteiger partial charge is 0.497 e. The summed E-state index contributed by atoms with van der Waals surface area (Å²) in [5, 5.41) is 11.0. The molecule has 7 nitrogen and oxygen atoms in total. The lowest BCUT2D eigenvalue weighted by atomic mass is 10.1. The van der Waals surface area contributed by atoms with Gasteiger partial charge < -0.3 is 20.1 Å². The highest BCUT2D eigenvalue weighted by Gasteiger charge is 2.14. The summed E-state index contributed by atoms with van der Waals surface area (Å²) >= 11 is 4.79. The number of nitrogens with zero attached hydrogens (tertiary/aromatic N) is 3. The van der Waals surface area contributed by atoms with Crippen molar-refractivity contribution in [1.29, 1.82) is 5.26 Å². The molecule has 0 spiro atoms. The second-order valence-corrected chi connectivity index (χ2v) is 5.37. The molecule has 0 fully saturated rings. The van der Waals surface area contributed by atoms with E-state index in [1.807, 2.05) is 23.1 Å². The van der Waals surface area contributed by atoms with E-state index in [1.54, 1.807) is 37.8 Å². The number of rotatable bonds is 6. The Balaban J connectivity index is 2.06. The maximum absolute atomic E-state index is 9.33. The van der Waals surface area contributed by atoms with Crippen LogP contribution in [0.1, 0.15) is 5.56 Å². The van der Waals surface area contributed by atoms with Crippen LogP contribution in [0.4, 0.5) is 0 Å². The van der Waals surface area contributed by atoms with Crippen LogP contribution >= 0.6 is 12.2 Å². The smallest absolute Gasteiger partial charge is 0.183 e. The summed E-state index contributed by atoms with van der Waals surface area (Å²) in [5.41, 5.74) is 9.68. The lowest BCUT2D eigenvalue weighted by molar-refractivity contribution is 0.374. The first-order valence-electron chi connectivity index (χ1n) is 7.19. The molecule has 0 saturated carbocycles. The Morgan fingerprint density at radius 2 is 2.12 bits per heavy atom. The van der Waals surface area contributed by atoms with Crippen LogP contribution in [0.3, 0.4) is 0 Å². The Morgan fingerprint density at radius 3 is 2.75 bits per heavy atom. The molecule has 3 N–H and O–H groups in total. The number of nitrogens with one attached hydrogen (secondary N) is 1. The number of nitrogens with two attached hydrogens (primary N) is 1. The number of nitriles is 1. The minimum atomic E-state index is 0.129. The van der Waals surface area contributed by atoms with Gasteiger partial charge in [0.05, 0.1) is 20.4 Å². The lowest BCUT2D eigenvalue weighted by Gasteiger charge is -2.28. The molecule has 1 aromatic rings. The highest BCUT2D eigenvalue weighted by Crippen LogP contribution is 2.25. The predicted molar refractivity (Wildman–Crippen MR) is 94.6 cm³/mol. The van der Waals surface area contributed by atoms with Crippen molar-refractivity contribution in [2.75, 3.05) is 20.8 Å². The molecule has 0 aromatic heterocycles. The van der Waals surface area contributed by atoms with Crippen LogP contribution in [0.5, 0.6) is 11.5 Å². The van der Waals surface area contributed by atoms with Crippen molar-refractivity contribution in [3.63, 3.8) is 0 Å². The van der Waals surface area contributed by atoms with Crippen LogP contribution in [0.2, 0.25) is 0 Å². The second-order valence-electron chi connectivity index (χ2n) is 4.93. The van der Waals surface area contributed by atoms with E-state index in [4.69, 9.17) is 27.4 Å². The van der Waals surface area contributed by atoms with E-state index in [2.05, 4.69) is 11.5 Å². The maximum Gasteiger partial charge on any atom is 0.183 e. The highest BCUT2D eigenvalue weighted by atomic mass is 32.1. The molecule has 0 saturated heterocycles. The molecule has 0 unspecified atom stereocenters. The average molecular weight is 345 g/mol. The summed E-state index contributed by atoms with van der Waals surface area (Å²) < 4.78 is 10.6. The SMILES string of the molecule is COc1ccc(CCN2C=CN(NC(N)=S)C=C2C#N)c(OC)c1. The van der Waals surface area contributed by atoms with Crippen LogP contribution in [-0.2, 0) is 6.42 Å². The molecule has 1 aromatic carbocycles. The Morgan fingerprint density at radius 1 is 1.33 bits per heavy atom. The Hall–Kier alpha value is -2.92. The van der Waals surface area contributed by atoms with Crippen LogP contribution in [-0.4, -0.2) is 35.8 Å². The summed E-state index contributed by atoms with van der Waals surface area (Å²) in [6, 6.07) is 7.85. The second kappa shape index (κ2) is 8.08. The third-order valence-corrected chi connectivity index (χ3v) is 3.54. The molecule has 24 heavy (non-hydrogen) atoms. The third kappa shape index (κ3) is 4.30. The zero-order valence-corrected chi connectivity index (χ0v) is 14.3. The highest BCUT2D eigenvalue weighted by molar-refractivity contribution is 7.80. The van der Waals surface area contributed by atoms with Crippen molar-refractivity contribution in [1.82, 2.24) is 15.3 Å². The topological polar surface area (TPSA) is 86.8 Å². The van der Waals surface area contributed by atoms with Crippen LogP contribution in [0.25, 0.3) is 0 Å². The molecule has 0 amide bonds. The summed E-state index contributed by atoms with van der Waals surface area (Å²) in [7, 11) is 3.24. The molecule has 1 aliphatic rings. The number of hydrogen-bond acceptors (Lipinski definition) is 6. The maximum atomic E-state index is 9.33. The monoisotopic (exact) mass is 345 g/mol. The van der Waals surface area contributed by atoms with Gasteiger partial charge in [-0.2, -0.15) is 5.26 Å². The molecule has 1 aliphatic heterocycles. The van der Waals surface area contributed by atoms with Crippen molar-refractivity contribution in [3.8, 4) is 17.6 Å². The summed E-state index contributed by atoms with van der Waals surface area (Å²) in [4.78, 5) is 1.85. The Bertz CT molecular complexity index is 711. The first-order chi connectivity index (χ1) is 11.6. The molecule has 2 rings (SSSR count). The van der Waals surface area contributed by atoms with Gasteiger partial charge >= 0.3 is 0 Å². The van der Waals surface area contributed by atoms with Gasteiger partial charge in [-0.1, -0.05) is 6.07 Å². The van der Waals surface area contributed by atoms with E-state index >= 15 is 0 Å². The fourth-order valence-corrected chi connectivity index (χ4v) is 2.37. The number of allylic oxidation sites excluding steroid dienone is 1. The molecule has 0 radical (unpaired) electrons. The van der Waals surface area contributed by atoms with E-state index in [-0.39, 0.29) is 5.11 Å². The van der Waals surface area contributed by atoms with Crippen molar-refractivity contribution in [3.05, 3.63) is 48.1 Å². The minimum Gasteiger partial charge on any atom is -0.497 e. The fourth-order valence-electron chi connectivity index (χ4n) is 2.27. The van der Waals surface area contributed by atoms with Gasteiger partial charge in [0.1, 0.15) is 23.3 Å².